The number of nitrogens with zero attached hydrogens (tertiary/aromatic N) is 1. The summed E-state index contributed by atoms with van der Waals surface area (Å²) >= 11 is 6.30. The molecule has 1 aliphatic heterocycles. The molecule has 0 aliphatic carbocycles. The molecule has 1 N–H and O–H groups in total. The van der Waals surface area contributed by atoms with Crippen LogP contribution in [0.15, 0.2) is 54.6 Å². The summed E-state index contributed by atoms with van der Waals surface area (Å²) in [5.41, 5.74) is 2.28. The zero-order chi connectivity index (χ0) is 16.1. The number of likely N-dealkylation sites (tertiary alicyclic amines) is 1. The molecule has 0 aromatic heterocycles. The van der Waals surface area contributed by atoms with Crippen LogP contribution in [0, 0.1) is 0 Å². The summed E-state index contributed by atoms with van der Waals surface area (Å²) in [6.45, 7) is 1.43. The van der Waals surface area contributed by atoms with E-state index in [2.05, 4.69) is 17.4 Å². The van der Waals surface area contributed by atoms with Gasteiger partial charge in [0.1, 0.15) is 0 Å². The number of nitrogens with one attached hydrogen (secondary N) is 1. The van der Waals surface area contributed by atoms with Gasteiger partial charge in [-0.2, -0.15) is 0 Å². The van der Waals surface area contributed by atoms with Crippen LogP contribution < -0.4 is 5.32 Å². The number of hydrogen-bond acceptors (Lipinski definition) is 1. The van der Waals surface area contributed by atoms with Crippen LogP contribution in [0.2, 0.25) is 5.02 Å². The van der Waals surface area contributed by atoms with Crippen LogP contribution in [-0.2, 0) is 6.42 Å². The second-order valence-electron chi connectivity index (χ2n) is 5.84. The van der Waals surface area contributed by atoms with Crippen molar-refractivity contribution in [1.82, 2.24) is 10.2 Å². The van der Waals surface area contributed by atoms with Gasteiger partial charge in [-0.15, -0.1) is 0 Å². The lowest BCUT2D eigenvalue weighted by Crippen LogP contribution is -2.40. The molecule has 0 saturated carbocycles. The number of amides is 2. The fraction of sp³-hybridized carbons (Fsp3) is 0.316. The number of carbonyl (C=O) groups excluding carboxylic acids is 1. The average molecular weight is 329 g/mol. The topological polar surface area (TPSA) is 32.3 Å². The van der Waals surface area contributed by atoms with E-state index in [1.54, 1.807) is 0 Å². The zero-order valence-electron chi connectivity index (χ0n) is 13.0. The summed E-state index contributed by atoms with van der Waals surface area (Å²) in [7, 11) is 0. The van der Waals surface area contributed by atoms with Gasteiger partial charge in [-0.3, -0.25) is 0 Å². The normalized spacial score (nSPS) is 17.3. The Kier molecular flexibility index (Phi) is 5.19. The fourth-order valence-corrected chi connectivity index (χ4v) is 3.40. The van der Waals surface area contributed by atoms with Crippen LogP contribution in [-0.4, -0.2) is 24.0 Å². The molecule has 0 radical (unpaired) electrons. The molecule has 0 spiro atoms. The lowest BCUT2D eigenvalue weighted by molar-refractivity contribution is 0.193. The highest BCUT2D eigenvalue weighted by molar-refractivity contribution is 6.31. The third kappa shape index (κ3) is 3.85. The SMILES string of the molecule is O=C(NCCc1ccccc1)N1CCC[C@H]1c1ccccc1Cl. The van der Waals surface area contributed by atoms with Crippen LogP contribution in [0.25, 0.3) is 0 Å². The first-order valence-electron chi connectivity index (χ1n) is 8.08. The second kappa shape index (κ2) is 7.51. The molecule has 2 aromatic rings. The van der Waals surface area contributed by atoms with E-state index in [-0.39, 0.29) is 12.1 Å². The number of halogens is 1. The van der Waals surface area contributed by atoms with Crippen molar-refractivity contribution < 1.29 is 4.79 Å². The minimum Gasteiger partial charge on any atom is -0.338 e. The maximum atomic E-state index is 12.5. The highest BCUT2D eigenvalue weighted by Gasteiger charge is 2.30. The largest absolute Gasteiger partial charge is 0.338 e. The van der Waals surface area contributed by atoms with Crippen molar-refractivity contribution in [2.75, 3.05) is 13.1 Å². The first kappa shape index (κ1) is 15.9. The Morgan fingerprint density at radius 3 is 2.65 bits per heavy atom. The molecule has 23 heavy (non-hydrogen) atoms. The van der Waals surface area contributed by atoms with Crippen LogP contribution >= 0.6 is 11.6 Å². The molecule has 2 amide bonds. The Bertz CT molecular complexity index is 659. The molecule has 3 rings (SSSR count). The van der Waals surface area contributed by atoms with Crippen molar-refractivity contribution in [3.63, 3.8) is 0 Å². The van der Waals surface area contributed by atoms with E-state index in [0.717, 1.165) is 36.4 Å². The minimum absolute atomic E-state index is 0.00310. The van der Waals surface area contributed by atoms with Crippen LogP contribution in [0.4, 0.5) is 4.79 Å². The van der Waals surface area contributed by atoms with Gasteiger partial charge in [0.25, 0.3) is 0 Å². The predicted octanol–water partition coefficient (Wildman–Crippen LogP) is 4.43. The van der Waals surface area contributed by atoms with Gasteiger partial charge >= 0.3 is 6.03 Å². The molecule has 2 aromatic carbocycles. The van der Waals surface area contributed by atoms with Crippen molar-refractivity contribution in [3.8, 4) is 0 Å². The third-order valence-electron chi connectivity index (χ3n) is 4.31. The summed E-state index contributed by atoms with van der Waals surface area (Å²) in [6, 6.07) is 18.1. The summed E-state index contributed by atoms with van der Waals surface area (Å²) < 4.78 is 0. The Balaban J connectivity index is 1.59. The van der Waals surface area contributed by atoms with Gasteiger partial charge in [0.2, 0.25) is 0 Å². The monoisotopic (exact) mass is 328 g/mol. The van der Waals surface area contributed by atoms with E-state index in [0.29, 0.717) is 6.54 Å². The van der Waals surface area contributed by atoms with Gasteiger partial charge in [-0.05, 0) is 36.5 Å². The Morgan fingerprint density at radius 2 is 1.87 bits per heavy atom. The van der Waals surface area contributed by atoms with Gasteiger partial charge in [-0.1, -0.05) is 60.1 Å². The van der Waals surface area contributed by atoms with Gasteiger partial charge in [-0.25, -0.2) is 4.79 Å². The summed E-state index contributed by atoms with van der Waals surface area (Å²) in [6.07, 6.45) is 2.83. The van der Waals surface area contributed by atoms with Crippen molar-refractivity contribution in [2.24, 2.45) is 0 Å². The number of benzene rings is 2. The second-order valence-corrected chi connectivity index (χ2v) is 6.25. The molecule has 1 fully saturated rings. The van der Waals surface area contributed by atoms with Gasteiger partial charge in [0, 0.05) is 18.1 Å². The zero-order valence-corrected chi connectivity index (χ0v) is 13.8. The maximum absolute atomic E-state index is 12.5. The Morgan fingerprint density at radius 1 is 1.13 bits per heavy atom. The average Bonchev–Trinajstić information content (AvgIpc) is 3.06. The number of hydrogen-bond donors (Lipinski definition) is 1. The van der Waals surface area contributed by atoms with E-state index in [1.165, 1.54) is 5.56 Å². The molecule has 0 unspecified atom stereocenters. The van der Waals surface area contributed by atoms with Crippen molar-refractivity contribution in [3.05, 3.63) is 70.7 Å². The van der Waals surface area contributed by atoms with Crippen LogP contribution in [0.3, 0.4) is 0 Å². The first-order valence-corrected chi connectivity index (χ1v) is 8.46. The quantitative estimate of drug-likeness (QED) is 0.884. The molecular formula is C19H21ClN2O. The molecule has 3 nitrogen and oxygen atoms in total. The van der Waals surface area contributed by atoms with Crippen molar-refractivity contribution in [2.45, 2.75) is 25.3 Å². The summed E-state index contributed by atoms with van der Waals surface area (Å²) in [4.78, 5) is 14.4. The molecule has 4 heteroatoms. The van der Waals surface area contributed by atoms with E-state index in [9.17, 15) is 4.79 Å². The van der Waals surface area contributed by atoms with E-state index >= 15 is 0 Å². The molecule has 120 valence electrons. The van der Waals surface area contributed by atoms with Gasteiger partial charge in [0.15, 0.2) is 0 Å². The standard InChI is InChI=1S/C19H21ClN2O/c20-17-10-5-4-9-16(17)18-11-6-14-22(18)19(23)21-13-12-15-7-2-1-3-8-15/h1-5,7-10,18H,6,11-14H2,(H,21,23)/t18-/m0/s1. The minimum atomic E-state index is 0.00310. The molecule has 1 aliphatic rings. The molecule has 1 heterocycles. The smallest absolute Gasteiger partial charge is 0.317 e. The first-order chi connectivity index (χ1) is 11.3. The van der Waals surface area contributed by atoms with Crippen LogP contribution in [0.1, 0.15) is 30.0 Å². The fourth-order valence-electron chi connectivity index (χ4n) is 3.14. The molecule has 0 bridgehead atoms. The lowest BCUT2D eigenvalue weighted by Gasteiger charge is -2.26. The molecule has 1 saturated heterocycles. The van der Waals surface area contributed by atoms with Crippen LogP contribution in [0.5, 0.6) is 0 Å². The predicted molar refractivity (Wildman–Crippen MR) is 93.7 cm³/mol. The number of rotatable bonds is 4. The van der Waals surface area contributed by atoms with E-state index in [4.69, 9.17) is 11.6 Å². The van der Waals surface area contributed by atoms with Gasteiger partial charge < -0.3 is 10.2 Å². The molecule has 1 atom stereocenters. The maximum Gasteiger partial charge on any atom is 0.317 e. The lowest BCUT2D eigenvalue weighted by atomic mass is 10.0. The number of carbonyl (C=O) groups is 1. The summed E-state index contributed by atoms with van der Waals surface area (Å²) in [5.74, 6) is 0. The van der Waals surface area contributed by atoms with Gasteiger partial charge in [0.05, 0.1) is 6.04 Å². The van der Waals surface area contributed by atoms with Crippen molar-refractivity contribution in [1.29, 1.82) is 0 Å². The molecular weight excluding hydrogens is 308 g/mol. The highest BCUT2D eigenvalue weighted by atomic mass is 35.5. The van der Waals surface area contributed by atoms with E-state index < -0.39 is 0 Å². The summed E-state index contributed by atoms with van der Waals surface area (Å²) in [5, 5.41) is 3.77. The van der Waals surface area contributed by atoms with E-state index in [1.807, 2.05) is 47.4 Å². The Hall–Kier alpha value is -2.00. The third-order valence-corrected chi connectivity index (χ3v) is 4.65. The highest BCUT2D eigenvalue weighted by Crippen LogP contribution is 2.35. The Labute approximate surface area is 142 Å². The van der Waals surface area contributed by atoms with Crippen molar-refractivity contribution >= 4 is 17.6 Å². The number of urea groups is 1.